The van der Waals surface area contributed by atoms with E-state index in [1.807, 2.05) is 30.3 Å². The summed E-state index contributed by atoms with van der Waals surface area (Å²) in [7, 11) is 0. The van der Waals surface area contributed by atoms with E-state index < -0.39 is 11.8 Å². The average molecular weight is 327 g/mol. The molecule has 0 fully saturated rings. The predicted molar refractivity (Wildman–Crippen MR) is 83.2 cm³/mol. The summed E-state index contributed by atoms with van der Waals surface area (Å²) in [6.07, 6.45) is 0. The second kappa shape index (κ2) is 7.01. The highest BCUT2D eigenvalue weighted by Crippen LogP contribution is 2.17. The summed E-state index contributed by atoms with van der Waals surface area (Å²) >= 11 is 0. The van der Waals surface area contributed by atoms with Crippen LogP contribution < -0.4 is 0 Å². The van der Waals surface area contributed by atoms with Gasteiger partial charge in [-0.25, -0.2) is 13.9 Å². The number of hydrogen-bond donors (Lipinski definition) is 1. The number of aromatic nitrogens is 3. The fraction of sp³-hybridized carbons (Fsp3) is 0.118. The lowest BCUT2D eigenvalue weighted by molar-refractivity contribution is 0.0676. The normalized spacial score (nSPS) is 10.7. The molecule has 3 aromatic rings. The summed E-state index contributed by atoms with van der Waals surface area (Å²) < 4.78 is 20.7. The Morgan fingerprint density at radius 2 is 1.79 bits per heavy atom. The van der Waals surface area contributed by atoms with Gasteiger partial charge in [-0.1, -0.05) is 47.7 Å². The van der Waals surface area contributed by atoms with Gasteiger partial charge in [0, 0.05) is 0 Å². The van der Waals surface area contributed by atoms with Crippen LogP contribution in [-0.4, -0.2) is 26.1 Å². The van der Waals surface area contributed by atoms with Crippen LogP contribution in [0.3, 0.4) is 0 Å². The summed E-state index contributed by atoms with van der Waals surface area (Å²) in [4.78, 5) is 11.3. The van der Waals surface area contributed by atoms with Gasteiger partial charge < -0.3 is 9.84 Å². The van der Waals surface area contributed by atoms with Crippen LogP contribution in [0.25, 0.3) is 5.69 Å². The Bertz CT molecular complexity index is 849. The highest BCUT2D eigenvalue weighted by molar-refractivity contribution is 5.86. The van der Waals surface area contributed by atoms with Gasteiger partial charge in [0.05, 0.1) is 13.2 Å². The average Bonchev–Trinajstić information content (AvgIpc) is 3.00. The van der Waals surface area contributed by atoms with Gasteiger partial charge in [-0.05, 0) is 17.7 Å². The third-order valence-electron chi connectivity index (χ3n) is 3.40. The summed E-state index contributed by atoms with van der Waals surface area (Å²) in [5, 5.41) is 16.6. The Balaban J connectivity index is 1.86. The molecular formula is C17H14FN3O3. The lowest BCUT2D eigenvalue weighted by atomic mass is 10.2. The molecule has 1 aromatic heterocycles. The molecule has 0 amide bonds. The maximum Gasteiger partial charge on any atom is 0.358 e. The monoisotopic (exact) mass is 327 g/mol. The molecule has 122 valence electrons. The van der Waals surface area contributed by atoms with Crippen molar-refractivity contribution >= 4 is 5.97 Å². The zero-order chi connectivity index (χ0) is 16.9. The second-order valence-electron chi connectivity index (χ2n) is 5.03. The van der Waals surface area contributed by atoms with Gasteiger partial charge in [-0.2, -0.15) is 0 Å². The maximum absolute atomic E-state index is 14.0. The topological polar surface area (TPSA) is 77.2 Å². The molecule has 3 rings (SSSR count). The lowest BCUT2D eigenvalue weighted by Gasteiger charge is -2.09. The van der Waals surface area contributed by atoms with Gasteiger partial charge in [-0.15, -0.1) is 5.10 Å². The van der Waals surface area contributed by atoms with Gasteiger partial charge in [-0.3, -0.25) is 0 Å². The van der Waals surface area contributed by atoms with E-state index in [0.717, 1.165) is 10.2 Å². The highest BCUT2D eigenvalue weighted by atomic mass is 19.1. The van der Waals surface area contributed by atoms with Crippen LogP contribution in [0.15, 0.2) is 54.6 Å². The van der Waals surface area contributed by atoms with Crippen LogP contribution in [0.4, 0.5) is 4.39 Å². The Labute approximate surface area is 137 Å². The molecule has 0 spiro atoms. The molecule has 0 aliphatic rings. The number of ether oxygens (including phenoxy) is 1. The van der Waals surface area contributed by atoms with Crippen LogP contribution >= 0.6 is 0 Å². The largest absolute Gasteiger partial charge is 0.476 e. The predicted octanol–water partition coefficient (Wildman–Crippen LogP) is 2.82. The maximum atomic E-state index is 14.0. The van der Waals surface area contributed by atoms with E-state index in [2.05, 4.69) is 10.3 Å². The lowest BCUT2D eigenvalue weighted by Crippen LogP contribution is -2.10. The van der Waals surface area contributed by atoms with Crippen molar-refractivity contribution in [2.45, 2.75) is 13.2 Å². The molecule has 7 heteroatoms. The smallest absolute Gasteiger partial charge is 0.358 e. The SMILES string of the molecule is O=C(O)c1nnn(-c2ccccc2F)c1COCc1ccccc1. The molecule has 6 nitrogen and oxygen atoms in total. The van der Waals surface area contributed by atoms with Crippen molar-refractivity contribution in [2.24, 2.45) is 0 Å². The van der Waals surface area contributed by atoms with Gasteiger partial charge >= 0.3 is 5.97 Å². The minimum absolute atomic E-state index is 0.0577. The second-order valence-corrected chi connectivity index (χ2v) is 5.03. The number of benzene rings is 2. The van der Waals surface area contributed by atoms with Crippen LogP contribution in [0.5, 0.6) is 0 Å². The molecule has 0 saturated heterocycles. The summed E-state index contributed by atoms with van der Waals surface area (Å²) in [5.41, 5.74) is 0.991. The van der Waals surface area contributed by atoms with E-state index in [0.29, 0.717) is 6.61 Å². The standard InChI is InChI=1S/C17H14FN3O3/c18-13-8-4-5-9-14(13)21-15(16(17(22)23)19-20-21)11-24-10-12-6-2-1-3-7-12/h1-9H,10-11H2,(H,22,23). The van der Waals surface area contributed by atoms with Crippen LogP contribution in [-0.2, 0) is 18.0 Å². The molecule has 1 heterocycles. The molecule has 2 aromatic carbocycles. The van der Waals surface area contributed by atoms with Gasteiger partial charge in [0.1, 0.15) is 17.2 Å². The number of hydrogen-bond acceptors (Lipinski definition) is 4. The quantitative estimate of drug-likeness (QED) is 0.753. The number of aromatic carboxylic acids is 1. The van der Waals surface area contributed by atoms with Crippen molar-refractivity contribution in [1.29, 1.82) is 0 Å². The molecule has 0 bridgehead atoms. The van der Waals surface area contributed by atoms with Crippen molar-refractivity contribution in [3.8, 4) is 5.69 Å². The number of halogens is 1. The van der Waals surface area contributed by atoms with Crippen molar-refractivity contribution in [3.63, 3.8) is 0 Å². The Kier molecular flexibility index (Phi) is 4.62. The third-order valence-corrected chi connectivity index (χ3v) is 3.40. The Hall–Kier alpha value is -3.06. The number of rotatable bonds is 6. The Morgan fingerprint density at radius 3 is 2.50 bits per heavy atom. The zero-order valence-corrected chi connectivity index (χ0v) is 12.6. The number of carbonyl (C=O) groups is 1. The van der Waals surface area contributed by atoms with Gasteiger partial charge in [0.2, 0.25) is 0 Å². The van der Waals surface area contributed by atoms with E-state index in [4.69, 9.17) is 4.74 Å². The van der Waals surface area contributed by atoms with Crippen molar-refractivity contribution in [2.75, 3.05) is 0 Å². The van der Waals surface area contributed by atoms with E-state index in [1.54, 1.807) is 12.1 Å². The minimum atomic E-state index is -1.24. The molecule has 0 atom stereocenters. The molecule has 0 aliphatic carbocycles. The van der Waals surface area contributed by atoms with Crippen LogP contribution in [0, 0.1) is 5.82 Å². The van der Waals surface area contributed by atoms with Crippen LogP contribution in [0.2, 0.25) is 0 Å². The first-order valence-corrected chi connectivity index (χ1v) is 7.21. The molecule has 0 radical (unpaired) electrons. The van der Waals surface area contributed by atoms with E-state index >= 15 is 0 Å². The molecular weight excluding hydrogens is 313 g/mol. The van der Waals surface area contributed by atoms with Gasteiger partial charge in [0.25, 0.3) is 0 Å². The first-order valence-electron chi connectivity index (χ1n) is 7.21. The van der Waals surface area contributed by atoms with E-state index in [-0.39, 0.29) is 23.7 Å². The molecule has 0 aliphatic heterocycles. The first kappa shape index (κ1) is 15.8. The van der Waals surface area contributed by atoms with E-state index in [1.165, 1.54) is 12.1 Å². The number of para-hydroxylation sites is 1. The first-order chi connectivity index (χ1) is 11.7. The molecule has 1 N–H and O–H groups in total. The summed E-state index contributed by atoms with van der Waals surface area (Å²) in [6.45, 7) is 0.236. The number of carboxylic acids is 1. The van der Waals surface area contributed by atoms with Gasteiger partial charge in [0.15, 0.2) is 5.69 Å². The summed E-state index contributed by atoms with van der Waals surface area (Å²) in [6, 6.07) is 15.4. The van der Waals surface area contributed by atoms with E-state index in [9.17, 15) is 14.3 Å². The zero-order valence-electron chi connectivity index (χ0n) is 12.6. The Morgan fingerprint density at radius 1 is 1.08 bits per heavy atom. The summed E-state index contributed by atoms with van der Waals surface area (Å²) in [5.74, 6) is -1.76. The molecule has 24 heavy (non-hydrogen) atoms. The number of carboxylic acid groups (broad SMARTS) is 1. The third kappa shape index (κ3) is 3.31. The molecule has 0 unspecified atom stereocenters. The van der Waals surface area contributed by atoms with Crippen molar-refractivity contribution in [1.82, 2.24) is 15.0 Å². The molecule has 0 saturated carbocycles. The minimum Gasteiger partial charge on any atom is -0.476 e. The fourth-order valence-electron chi connectivity index (χ4n) is 2.25. The van der Waals surface area contributed by atoms with Crippen molar-refractivity contribution < 1.29 is 19.0 Å². The highest BCUT2D eigenvalue weighted by Gasteiger charge is 2.21. The fourth-order valence-corrected chi connectivity index (χ4v) is 2.25. The number of nitrogens with zero attached hydrogens (tertiary/aromatic N) is 3. The van der Waals surface area contributed by atoms with Crippen LogP contribution in [0.1, 0.15) is 21.7 Å². The van der Waals surface area contributed by atoms with Crippen molar-refractivity contribution in [3.05, 3.63) is 77.4 Å².